The number of Topliss-reactive ketones (excluding diaryl/α,β-unsaturated/α-hetero) is 2. The molecule has 0 aliphatic carbocycles. The van der Waals surface area contributed by atoms with Gasteiger partial charge in [0.2, 0.25) is 5.91 Å². The molecule has 1 aliphatic rings. The summed E-state index contributed by atoms with van der Waals surface area (Å²) in [4.78, 5) is 39.3. The molecule has 0 aromatic heterocycles. The molecule has 1 unspecified atom stereocenters. The number of hydrogen-bond donors (Lipinski definition) is 0. The molecule has 5 heteroatoms. The van der Waals surface area contributed by atoms with E-state index in [0.29, 0.717) is 30.9 Å². The lowest BCUT2D eigenvalue weighted by molar-refractivity contribution is -0.139. The molecule has 1 saturated heterocycles. The zero-order valence-electron chi connectivity index (χ0n) is 16.1. The lowest BCUT2D eigenvalue weighted by atomic mass is 10.0. The molecule has 2 aromatic carbocycles. The quantitative estimate of drug-likeness (QED) is 0.691. The van der Waals surface area contributed by atoms with Crippen LogP contribution in [0.3, 0.4) is 0 Å². The summed E-state index contributed by atoms with van der Waals surface area (Å²) in [5, 5.41) is 0. The van der Waals surface area contributed by atoms with Crippen molar-refractivity contribution in [2.45, 2.75) is 32.2 Å². The van der Waals surface area contributed by atoms with E-state index in [0.717, 1.165) is 5.56 Å². The van der Waals surface area contributed by atoms with Crippen LogP contribution in [-0.4, -0.2) is 48.2 Å². The van der Waals surface area contributed by atoms with Gasteiger partial charge in [-0.3, -0.25) is 14.4 Å². The number of amides is 1. The van der Waals surface area contributed by atoms with E-state index >= 15 is 0 Å². The average Bonchev–Trinajstić information content (AvgIpc) is 2.73. The van der Waals surface area contributed by atoms with Gasteiger partial charge in [-0.05, 0) is 6.92 Å². The number of nitrogens with zero attached hydrogens (tertiary/aromatic N) is 1. The molecule has 0 spiro atoms. The molecule has 5 nitrogen and oxygen atoms in total. The summed E-state index contributed by atoms with van der Waals surface area (Å²) in [6.07, 6.45) is 0.531. The second kappa shape index (κ2) is 9.42. The van der Waals surface area contributed by atoms with Crippen LogP contribution in [0.15, 0.2) is 54.6 Å². The molecule has 1 atom stereocenters. The molecular weight excluding hydrogens is 354 g/mol. The van der Waals surface area contributed by atoms with E-state index in [1.54, 1.807) is 29.2 Å². The summed E-state index contributed by atoms with van der Waals surface area (Å²) in [5.74, 6) is -0.155. The van der Waals surface area contributed by atoms with Gasteiger partial charge in [-0.15, -0.1) is 0 Å². The van der Waals surface area contributed by atoms with Crippen LogP contribution in [0.2, 0.25) is 0 Å². The molecule has 1 fully saturated rings. The molecule has 1 amide bonds. The Kier molecular flexibility index (Phi) is 6.71. The number of carbonyl (C=O) groups is 3. The van der Waals surface area contributed by atoms with Gasteiger partial charge in [0.25, 0.3) is 0 Å². The van der Waals surface area contributed by atoms with Gasteiger partial charge in [-0.25, -0.2) is 0 Å². The normalized spacial score (nSPS) is 16.6. The number of ether oxygens (including phenoxy) is 1. The van der Waals surface area contributed by atoms with Crippen molar-refractivity contribution in [3.8, 4) is 0 Å². The van der Waals surface area contributed by atoms with E-state index in [-0.39, 0.29) is 42.8 Å². The fourth-order valence-corrected chi connectivity index (χ4v) is 3.36. The third-order valence-corrected chi connectivity index (χ3v) is 5.00. The fourth-order valence-electron chi connectivity index (χ4n) is 3.36. The van der Waals surface area contributed by atoms with Crippen LogP contribution in [0, 0.1) is 6.92 Å². The molecule has 146 valence electrons. The number of hydrogen-bond acceptors (Lipinski definition) is 4. The first kappa shape index (κ1) is 20.0. The fraction of sp³-hybridized carbons (Fsp3) is 0.348. The first-order chi connectivity index (χ1) is 13.5. The number of rotatable bonds is 7. The largest absolute Gasteiger partial charge is 0.377 e. The Morgan fingerprint density at radius 1 is 0.929 bits per heavy atom. The third-order valence-electron chi connectivity index (χ3n) is 5.00. The second-order valence-corrected chi connectivity index (χ2v) is 7.10. The van der Waals surface area contributed by atoms with E-state index in [1.165, 1.54) is 0 Å². The maximum Gasteiger partial charge on any atom is 0.223 e. The summed E-state index contributed by atoms with van der Waals surface area (Å²) in [7, 11) is 0. The second-order valence-electron chi connectivity index (χ2n) is 7.10. The van der Waals surface area contributed by atoms with Gasteiger partial charge >= 0.3 is 0 Å². The van der Waals surface area contributed by atoms with E-state index in [1.807, 2.05) is 37.3 Å². The van der Waals surface area contributed by atoms with Crippen molar-refractivity contribution in [2.24, 2.45) is 0 Å². The Morgan fingerprint density at radius 3 is 2.32 bits per heavy atom. The van der Waals surface area contributed by atoms with Gasteiger partial charge in [0.1, 0.15) is 0 Å². The molecule has 1 heterocycles. The highest BCUT2D eigenvalue weighted by Gasteiger charge is 2.29. The molecular formula is C23H25NO4. The maximum absolute atomic E-state index is 12.7. The average molecular weight is 379 g/mol. The molecule has 0 N–H and O–H groups in total. The number of ketones is 2. The lowest BCUT2D eigenvalue weighted by Gasteiger charge is -2.35. The topological polar surface area (TPSA) is 63.7 Å². The summed E-state index contributed by atoms with van der Waals surface area (Å²) >= 11 is 0. The molecule has 0 radical (unpaired) electrons. The Balaban J connectivity index is 1.58. The highest BCUT2D eigenvalue weighted by molar-refractivity contribution is 5.98. The minimum atomic E-state index is -0.288. The van der Waals surface area contributed by atoms with Crippen LogP contribution in [-0.2, 0) is 9.53 Å². The Morgan fingerprint density at radius 2 is 1.61 bits per heavy atom. The van der Waals surface area contributed by atoms with Crippen molar-refractivity contribution < 1.29 is 19.1 Å². The Hall–Kier alpha value is -2.79. The van der Waals surface area contributed by atoms with Crippen molar-refractivity contribution in [1.29, 1.82) is 0 Å². The maximum atomic E-state index is 12.7. The van der Waals surface area contributed by atoms with E-state index in [9.17, 15) is 14.4 Å². The summed E-state index contributed by atoms with van der Waals surface area (Å²) in [6, 6.07) is 16.1. The van der Waals surface area contributed by atoms with Crippen LogP contribution in [0.25, 0.3) is 0 Å². The molecule has 2 aromatic rings. The molecule has 3 rings (SSSR count). The monoisotopic (exact) mass is 379 g/mol. The van der Waals surface area contributed by atoms with Crippen LogP contribution in [0.4, 0.5) is 0 Å². The van der Waals surface area contributed by atoms with Crippen molar-refractivity contribution in [2.75, 3.05) is 19.8 Å². The zero-order chi connectivity index (χ0) is 19.9. The molecule has 1 aliphatic heterocycles. The van der Waals surface area contributed by atoms with Crippen LogP contribution >= 0.6 is 0 Å². The minimum Gasteiger partial charge on any atom is -0.377 e. The number of carbonyl (C=O) groups excluding carboxylic acids is 3. The van der Waals surface area contributed by atoms with Crippen LogP contribution in [0.5, 0.6) is 0 Å². The van der Waals surface area contributed by atoms with E-state index < -0.39 is 0 Å². The van der Waals surface area contributed by atoms with Gasteiger partial charge < -0.3 is 9.64 Å². The van der Waals surface area contributed by atoms with Crippen molar-refractivity contribution in [1.82, 2.24) is 4.90 Å². The molecule has 0 saturated carbocycles. The number of benzene rings is 2. The van der Waals surface area contributed by atoms with Gasteiger partial charge in [0.15, 0.2) is 11.6 Å². The standard InChI is InChI=1S/C23H25NO4/c1-17-7-9-19(10-8-17)21(25)11-12-23(27)24-13-14-28-16-20(24)15-22(26)18-5-3-2-4-6-18/h2-10,20H,11-16H2,1H3. The minimum absolute atomic E-state index is 0.00960. The lowest BCUT2D eigenvalue weighted by Crippen LogP contribution is -2.49. The summed E-state index contributed by atoms with van der Waals surface area (Å²) in [5.41, 5.74) is 2.35. The van der Waals surface area contributed by atoms with Gasteiger partial charge in [0, 0.05) is 36.9 Å². The molecule has 0 bridgehead atoms. The SMILES string of the molecule is Cc1ccc(C(=O)CCC(=O)N2CCOCC2CC(=O)c2ccccc2)cc1. The zero-order valence-corrected chi connectivity index (χ0v) is 16.1. The van der Waals surface area contributed by atoms with Gasteiger partial charge in [-0.2, -0.15) is 0 Å². The smallest absolute Gasteiger partial charge is 0.223 e. The predicted octanol–water partition coefficient (Wildman–Crippen LogP) is 3.46. The van der Waals surface area contributed by atoms with E-state index in [2.05, 4.69) is 0 Å². The van der Waals surface area contributed by atoms with Crippen LogP contribution in [0.1, 0.15) is 45.5 Å². The third kappa shape index (κ3) is 5.14. The first-order valence-corrected chi connectivity index (χ1v) is 9.60. The highest BCUT2D eigenvalue weighted by atomic mass is 16.5. The van der Waals surface area contributed by atoms with Crippen molar-refractivity contribution >= 4 is 17.5 Å². The van der Waals surface area contributed by atoms with Gasteiger partial charge in [0.05, 0.1) is 19.3 Å². The molecule has 28 heavy (non-hydrogen) atoms. The summed E-state index contributed by atoms with van der Waals surface area (Å²) in [6.45, 7) is 3.21. The predicted molar refractivity (Wildman–Crippen MR) is 106 cm³/mol. The van der Waals surface area contributed by atoms with Crippen LogP contribution < -0.4 is 0 Å². The van der Waals surface area contributed by atoms with Gasteiger partial charge in [-0.1, -0.05) is 60.2 Å². The first-order valence-electron chi connectivity index (χ1n) is 9.60. The van der Waals surface area contributed by atoms with Crippen molar-refractivity contribution in [3.63, 3.8) is 0 Å². The Bertz CT molecular complexity index is 829. The highest BCUT2D eigenvalue weighted by Crippen LogP contribution is 2.17. The number of aryl methyl sites for hydroxylation is 1. The summed E-state index contributed by atoms with van der Waals surface area (Å²) < 4.78 is 5.49. The van der Waals surface area contributed by atoms with Crippen molar-refractivity contribution in [3.05, 3.63) is 71.3 Å². The Labute approximate surface area is 165 Å². The van der Waals surface area contributed by atoms with E-state index in [4.69, 9.17) is 4.74 Å². The number of morpholine rings is 1.